The predicted octanol–water partition coefficient (Wildman–Crippen LogP) is 6.68. The first kappa shape index (κ1) is 32.9. The van der Waals surface area contributed by atoms with Crippen LogP contribution in [0.4, 0.5) is 0 Å². The van der Waals surface area contributed by atoms with E-state index in [4.69, 9.17) is 4.55 Å². The highest BCUT2D eigenvalue weighted by atomic mass is 32.2. The largest absolute Gasteiger partial charge is 0.294 e. The van der Waals surface area contributed by atoms with Crippen LogP contribution in [-0.2, 0) is 10.1 Å². The zero-order chi connectivity index (χ0) is 19.4. The number of hydrogen-bond donors (Lipinski definition) is 1. The molecule has 1 N–H and O–H groups in total. The number of aryl methyl sites for hydroxylation is 2. The SMILES string of the molecule is CC.CC.CC.CC.CC.Cc1ccc(C)c(S(=O)(=O)O)c1. The Bertz CT molecular complexity index is 397. The van der Waals surface area contributed by atoms with Crippen LogP contribution in [0.15, 0.2) is 23.1 Å². The molecule has 0 spiro atoms. The molecule has 0 atom stereocenters. The van der Waals surface area contributed by atoms with Crippen molar-refractivity contribution in [2.75, 3.05) is 0 Å². The molecule has 0 saturated carbocycles. The molecule has 0 aliphatic heterocycles. The summed E-state index contributed by atoms with van der Waals surface area (Å²) in [5, 5.41) is 0. The highest BCUT2D eigenvalue weighted by Crippen LogP contribution is 2.15. The maximum Gasteiger partial charge on any atom is 0.294 e. The molecule has 0 bridgehead atoms. The van der Waals surface area contributed by atoms with Crippen molar-refractivity contribution in [3.05, 3.63) is 29.3 Å². The van der Waals surface area contributed by atoms with Crippen LogP contribution in [0.25, 0.3) is 0 Å². The third kappa shape index (κ3) is 19.1. The second-order valence-corrected chi connectivity index (χ2v) is 4.13. The number of rotatable bonds is 1. The molecule has 0 unspecified atom stereocenters. The smallest absolute Gasteiger partial charge is 0.282 e. The van der Waals surface area contributed by atoms with Crippen LogP contribution in [0.1, 0.15) is 80.4 Å². The molecule has 0 radical (unpaired) electrons. The molecule has 1 rings (SSSR count). The Hall–Kier alpha value is -0.870. The second-order valence-electron chi connectivity index (χ2n) is 2.74. The third-order valence-electron chi connectivity index (χ3n) is 1.62. The van der Waals surface area contributed by atoms with Gasteiger partial charge in [-0.05, 0) is 31.0 Å². The van der Waals surface area contributed by atoms with E-state index >= 15 is 0 Å². The molecule has 0 saturated heterocycles. The summed E-state index contributed by atoms with van der Waals surface area (Å²) in [4.78, 5) is -0.0116. The van der Waals surface area contributed by atoms with Crippen molar-refractivity contribution in [1.82, 2.24) is 0 Å². The van der Waals surface area contributed by atoms with Crippen LogP contribution in [0.3, 0.4) is 0 Å². The molecule has 0 aliphatic carbocycles. The van der Waals surface area contributed by atoms with Crippen LogP contribution in [-0.4, -0.2) is 13.0 Å². The minimum absolute atomic E-state index is 0.0116. The average molecular weight is 337 g/mol. The van der Waals surface area contributed by atoms with Gasteiger partial charge in [-0.15, -0.1) is 0 Å². The van der Waals surface area contributed by atoms with Gasteiger partial charge in [0.2, 0.25) is 0 Å². The summed E-state index contributed by atoms with van der Waals surface area (Å²) in [6, 6.07) is 4.91. The fourth-order valence-corrected chi connectivity index (χ4v) is 1.79. The molecule has 136 valence electrons. The van der Waals surface area contributed by atoms with E-state index in [0.29, 0.717) is 5.56 Å². The highest BCUT2D eigenvalue weighted by molar-refractivity contribution is 7.85. The quantitative estimate of drug-likeness (QED) is 0.582. The van der Waals surface area contributed by atoms with Gasteiger partial charge >= 0.3 is 0 Å². The second kappa shape index (κ2) is 25.1. The lowest BCUT2D eigenvalue weighted by atomic mass is 10.2. The molecule has 0 heterocycles. The van der Waals surface area contributed by atoms with Gasteiger partial charge < -0.3 is 0 Å². The van der Waals surface area contributed by atoms with E-state index in [2.05, 4.69) is 0 Å². The van der Waals surface area contributed by atoms with E-state index in [1.54, 1.807) is 26.0 Å². The maximum atomic E-state index is 10.8. The molecule has 1 aromatic carbocycles. The standard InChI is InChI=1S/C8H10O3S.5C2H6/c1-6-3-4-7(2)8(5-6)12(9,10)11;5*1-2/h3-5H,1-2H3,(H,9,10,11);5*1-2H3. The summed E-state index contributed by atoms with van der Waals surface area (Å²) in [6.07, 6.45) is 0. The van der Waals surface area contributed by atoms with Crippen molar-refractivity contribution in [3.63, 3.8) is 0 Å². The van der Waals surface area contributed by atoms with Gasteiger partial charge in [0.1, 0.15) is 0 Å². The van der Waals surface area contributed by atoms with Crippen LogP contribution < -0.4 is 0 Å². The molecule has 3 nitrogen and oxygen atoms in total. The third-order valence-corrected chi connectivity index (χ3v) is 2.62. The minimum Gasteiger partial charge on any atom is -0.282 e. The van der Waals surface area contributed by atoms with Crippen molar-refractivity contribution < 1.29 is 13.0 Å². The van der Waals surface area contributed by atoms with Crippen LogP contribution in [0, 0.1) is 13.8 Å². The summed E-state index contributed by atoms with van der Waals surface area (Å²) in [6.45, 7) is 23.4. The average Bonchev–Trinajstić information content (AvgIpc) is 2.58. The lowest BCUT2D eigenvalue weighted by molar-refractivity contribution is 0.482. The van der Waals surface area contributed by atoms with Crippen molar-refractivity contribution in [1.29, 1.82) is 0 Å². The molecule has 0 aromatic heterocycles. The lowest BCUT2D eigenvalue weighted by Gasteiger charge is -2.02. The van der Waals surface area contributed by atoms with Gasteiger partial charge in [0.15, 0.2) is 0 Å². The van der Waals surface area contributed by atoms with E-state index < -0.39 is 10.1 Å². The van der Waals surface area contributed by atoms with Crippen LogP contribution >= 0.6 is 0 Å². The predicted molar refractivity (Wildman–Crippen MR) is 102 cm³/mol. The van der Waals surface area contributed by atoms with Gasteiger partial charge in [-0.25, -0.2) is 0 Å². The van der Waals surface area contributed by atoms with E-state index in [9.17, 15) is 8.42 Å². The van der Waals surface area contributed by atoms with Gasteiger partial charge in [0.25, 0.3) is 10.1 Å². The fraction of sp³-hybridized carbons (Fsp3) is 0.667. The topological polar surface area (TPSA) is 54.4 Å². The van der Waals surface area contributed by atoms with Gasteiger partial charge in [-0.2, -0.15) is 8.42 Å². The summed E-state index contributed by atoms with van der Waals surface area (Å²) in [5.41, 5.74) is 1.37. The highest BCUT2D eigenvalue weighted by Gasteiger charge is 2.11. The van der Waals surface area contributed by atoms with Crippen molar-refractivity contribution >= 4 is 10.1 Å². The normalized spacial score (nSPS) is 7.68. The Morgan fingerprint density at radius 2 is 1.05 bits per heavy atom. The number of hydrogen-bond acceptors (Lipinski definition) is 2. The minimum atomic E-state index is -4.06. The first-order valence-electron chi connectivity index (χ1n) is 8.46. The summed E-state index contributed by atoms with van der Waals surface area (Å²) < 4.78 is 30.3. The van der Waals surface area contributed by atoms with E-state index in [0.717, 1.165) is 5.56 Å². The zero-order valence-corrected chi connectivity index (χ0v) is 17.7. The van der Waals surface area contributed by atoms with Gasteiger partial charge in [0, 0.05) is 0 Å². The van der Waals surface area contributed by atoms with Gasteiger partial charge in [0.05, 0.1) is 4.90 Å². The van der Waals surface area contributed by atoms with Crippen molar-refractivity contribution in [2.45, 2.75) is 88.0 Å². The van der Waals surface area contributed by atoms with Crippen LogP contribution in [0.2, 0.25) is 0 Å². The molecule has 22 heavy (non-hydrogen) atoms. The molecular weight excluding hydrogens is 296 g/mol. The molecule has 4 heteroatoms. The molecule has 0 aliphatic rings. The molecular formula is C18H40O3S. The monoisotopic (exact) mass is 336 g/mol. The summed E-state index contributed by atoms with van der Waals surface area (Å²) in [5.74, 6) is 0. The first-order valence-corrected chi connectivity index (χ1v) is 9.90. The molecule has 1 aromatic rings. The fourth-order valence-electron chi connectivity index (χ4n) is 0.985. The van der Waals surface area contributed by atoms with Crippen molar-refractivity contribution in [3.8, 4) is 0 Å². The Morgan fingerprint density at radius 3 is 1.27 bits per heavy atom. The van der Waals surface area contributed by atoms with E-state index in [1.165, 1.54) is 6.07 Å². The molecule has 0 amide bonds. The maximum absolute atomic E-state index is 10.8. The van der Waals surface area contributed by atoms with E-state index in [1.807, 2.05) is 69.2 Å². The Morgan fingerprint density at radius 1 is 0.727 bits per heavy atom. The van der Waals surface area contributed by atoms with Gasteiger partial charge in [-0.1, -0.05) is 81.4 Å². The Kier molecular flexibility index (Phi) is 37.6. The molecule has 0 fully saturated rings. The zero-order valence-electron chi connectivity index (χ0n) is 16.9. The summed E-state index contributed by atoms with van der Waals surface area (Å²) >= 11 is 0. The van der Waals surface area contributed by atoms with E-state index in [-0.39, 0.29) is 4.90 Å². The Labute approximate surface area is 140 Å². The lowest BCUT2D eigenvalue weighted by Crippen LogP contribution is -2.00. The summed E-state index contributed by atoms with van der Waals surface area (Å²) in [7, 11) is -4.06. The van der Waals surface area contributed by atoms with Crippen LogP contribution in [0.5, 0.6) is 0 Å². The van der Waals surface area contributed by atoms with Crippen molar-refractivity contribution in [2.24, 2.45) is 0 Å². The van der Waals surface area contributed by atoms with Gasteiger partial charge in [-0.3, -0.25) is 4.55 Å². The first-order chi connectivity index (χ1) is 10.4. The number of benzene rings is 1. The Balaban J connectivity index is -0.0000000822.